The zero-order valence-corrected chi connectivity index (χ0v) is 15.4. The topological polar surface area (TPSA) is 72.0 Å². The van der Waals surface area contributed by atoms with Gasteiger partial charge in [0.2, 0.25) is 11.7 Å². The van der Waals surface area contributed by atoms with Gasteiger partial charge >= 0.3 is 0 Å². The van der Waals surface area contributed by atoms with E-state index in [0.29, 0.717) is 23.7 Å². The first-order valence-corrected chi connectivity index (χ1v) is 9.92. The minimum Gasteiger partial charge on any atom is -0.367 e. The molecule has 4 unspecified atom stereocenters. The number of halogens is 1. The number of alkyl halides is 1. The Kier molecular flexibility index (Phi) is 3.05. The second-order valence-corrected chi connectivity index (χ2v) is 8.52. The Labute approximate surface area is 156 Å². The summed E-state index contributed by atoms with van der Waals surface area (Å²) in [7, 11) is 0. The van der Waals surface area contributed by atoms with Crippen molar-refractivity contribution >= 4 is 17.4 Å². The summed E-state index contributed by atoms with van der Waals surface area (Å²) in [6.45, 7) is 2.10. The van der Waals surface area contributed by atoms with Gasteiger partial charge in [0.15, 0.2) is 5.69 Å². The molecule has 4 atom stereocenters. The standard InChI is InChI=1S/C18H21ClN6O/c1-9-7-24-16(21-9)13-11(19)3-2-4-12(13)25-8-20-14(18(24)25)15-22-17(26-23-15)10-5-6-10/h7-8,10-13,16,21H,2-6H2,1H3. The maximum Gasteiger partial charge on any atom is 0.230 e. The third-order valence-corrected chi connectivity index (χ3v) is 6.67. The van der Waals surface area contributed by atoms with Crippen molar-refractivity contribution in [3.8, 4) is 11.5 Å². The Balaban J connectivity index is 1.49. The first kappa shape index (κ1) is 15.1. The molecule has 0 spiro atoms. The summed E-state index contributed by atoms with van der Waals surface area (Å²) < 4.78 is 7.77. The summed E-state index contributed by atoms with van der Waals surface area (Å²) in [4.78, 5) is 11.6. The summed E-state index contributed by atoms with van der Waals surface area (Å²) in [5.41, 5.74) is 1.95. The molecule has 7 nitrogen and oxygen atoms in total. The van der Waals surface area contributed by atoms with Crippen LogP contribution in [0.15, 0.2) is 22.7 Å². The molecule has 2 aliphatic heterocycles. The Hall–Kier alpha value is -2.02. The van der Waals surface area contributed by atoms with Crippen LogP contribution in [0.2, 0.25) is 0 Å². The van der Waals surface area contributed by atoms with Crippen molar-refractivity contribution in [2.24, 2.45) is 5.92 Å². The molecule has 2 aliphatic carbocycles. The lowest BCUT2D eigenvalue weighted by Crippen LogP contribution is -2.54. The third-order valence-electron chi connectivity index (χ3n) is 6.16. The summed E-state index contributed by atoms with van der Waals surface area (Å²) in [6.07, 6.45) is 9.88. The molecule has 136 valence electrons. The van der Waals surface area contributed by atoms with E-state index in [1.807, 2.05) is 6.33 Å². The highest BCUT2D eigenvalue weighted by molar-refractivity contribution is 6.21. The SMILES string of the molecule is CC1=CN2c3c(-c4noc(C5CC5)n4)ncn3C3CCCC(Cl)C3C2N1. The van der Waals surface area contributed by atoms with Crippen molar-refractivity contribution in [1.82, 2.24) is 25.0 Å². The number of hydrogen-bond donors (Lipinski definition) is 1. The minimum absolute atomic E-state index is 0.165. The number of rotatable bonds is 2. The van der Waals surface area contributed by atoms with Gasteiger partial charge in [-0.15, -0.1) is 11.6 Å². The highest BCUT2D eigenvalue weighted by Crippen LogP contribution is 2.49. The van der Waals surface area contributed by atoms with Crippen LogP contribution in [0, 0.1) is 5.92 Å². The number of anilines is 1. The Morgan fingerprint density at radius 1 is 1.27 bits per heavy atom. The normalized spacial score (nSPS) is 32.5. The Morgan fingerprint density at radius 3 is 3.00 bits per heavy atom. The van der Waals surface area contributed by atoms with Crippen molar-refractivity contribution in [3.05, 3.63) is 24.1 Å². The maximum atomic E-state index is 6.78. The Bertz CT molecular complexity index is 899. The lowest BCUT2D eigenvalue weighted by Gasteiger charge is -2.47. The fourth-order valence-corrected chi connectivity index (χ4v) is 5.28. The monoisotopic (exact) mass is 372 g/mol. The Morgan fingerprint density at radius 2 is 2.15 bits per heavy atom. The van der Waals surface area contributed by atoms with E-state index in [1.54, 1.807) is 0 Å². The van der Waals surface area contributed by atoms with Crippen LogP contribution in [0.4, 0.5) is 5.82 Å². The van der Waals surface area contributed by atoms with E-state index in [-0.39, 0.29) is 11.5 Å². The van der Waals surface area contributed by atoms with Crippen molar-refractivity contribution in [2.45, 2.75) is 62.5 Å². The van der Waals surface area contributed by atoms with Crippen molar-refractivity contribution in [1.29, 1.82) is 0 Å². The zero-order valence-electron chi connectivity index (χ0n) is 14.6. The molecule has 0 amide bonds. The molecule has 0 radical (unpaired) electrons. The van der Waals surface area contributed by atoms with E-state index in [0.717, 1.165) is 55.2 Å². The van der Waals surface area contributed by atoms with E-state index in [4.69, 9.17) is 21.1 Å². The van der Waals surface area contributed by atoms with Crippen LogP contribution in [0.1, 0.15) is 56.9 Å². The zero-order chi connectivity index (χ0) is 17.4. The van der Waals surface area contributed by atoms with Gasteiger partial charge in [-0.3, -0.25) is 0 Å². The van der Waals surface area contributed by atoms with Crippen LogP contribution in [0.25, 0.3) is 11.5 Å². The molecule has 2 fully saturated rings. The molecule has 2 aromatic heterocycles. The fourth-order valence-electron chi connectivity index (χ4n) is 4.82. The van der Waals surface area contributed by atoms with Gasteiger partial charge in [-0.1, -0.05) is 5.16 Å². The molecule has 26 heavy (non-hydrogen) atoms. The van der Waals surface area contributed by atoms with E-state index in [2.05, 4.69) is 38.0 Å². The number of nitrogens with one attached hydrogen (secondary N) is 1. The summed E-state index contributed by atoms with van der Waals surface area (Å²) in [5.74, 6) is 3.18. The molecule has 4 heterocycles. The maximum absolute atomic E-state index is 6.78. The molecule has 8 heteroatoms. The van der Waals surface area contributed by atoms with Crippen molar-refractivity contribution < 1.29 is 4.52 Å². The largest absolute Gasteiger partial charge is 0.367 e. The van der Waals surface area contributed by atoms with Crippen molar-refractivity contribution in [3.63, 3.8) is 0 Å². The molecular weight excluding hydrogens is 352 g/mol. The van der Waals surface area contributed by atoms with E-state index in [9.17, 15) is 0 Å². The van der Waals surface area contributed by atoms with E-state index >= 15 is 0 Å². The van der Waals surface area contributed by atoms with Gasteiger partial charge in [0.25, 0.3) is 0 Å². The van der Waals surface area contributed by atoms with Crippen LogP contribution in [0.3, 0.4) is 0 Å². The molecule has 1 N–H and O–H groups in total. The predicted molar refractivity (Wildman–Crippen MR) is 96.7 cm³/mol. The van der Waals surface area contributed by atoms with Crippen LogP contribution in [-0.4, -0.2) is 31.2 Å². The third kappa shape index (κ3) is 2.03. The lowest BCUT2D eigenvalue weighted by atomic mass is 9.80. The molecule has 6 rings (SSSR count). The number of fused-ring (bicyclic) bond motifs is 6. The number of hydrogen-bond acceptors (Lipinski definition) is 6. The van der Waals surface area contributed by atoms with Gasteiger partial charge in [-0.2, -0.15) is 4.98 Å². The minimum atomic E-state index is 0.165. The molecule has 4 aliphatic rings. The van der Waals surface area contributed by atoms with Crippen molar-refractivity contribution in [2.75, 3.05) is 4.90 Å². The van der Waals surface area contributed by atoms with E-state index in [1.165, 1.54) is 0 Å². The van der Waals surface area contributed by atoms with Gasteiger partial charge in [0.05, 0.1) is 6.33 Å². The summed E-state index contributed by atoms with van der Waals surface area (Å²) in [5, 5.41) is 8.02. The van der Waals surface area contributed by atoms with Crippen LogP contribution >= 0.6 is 11.6 Å². The average molecular weight is 373 g/mol. The molecule has 2 aromatic rings. The molecule has 0 saturated heterocycles. The second-order valence-electron chi connectivity index (χ2n) is 7.95. The van der Waals surface area contributed by atoms with E-state index < -0.39 is 0 Å². The molecular formula is C18H21ClN6O. The van der Waals surface area contributed by atoms with Gasteiger partial charge in [-0.25, -0.2) is 4.98 Å². The number of allylic oxidation sites excluding steroid dienone is 1. The van der Waals surface area contributed by atoms with Gasteiger partial charge in [-0.05, 0) is 39.0 Å². The highest BCUT2D eigenvalue weighted by atomic mass is 35.5. The van der Waals surface area contributed by atoms with Gasteiger partial charge in [0.1, 0.15) is 12.0 Å². The van der Waals surface area contributed by atoms with Crippen LogP contribution < -0.4 is 10.2 Å². The van der Waals surface area contributed by atoms with Crippen LogP contribution in [0.5, 0.6) is 0 Å². The number of imidazole rings is 1. The first-order valence-electron chi connectivity index (χ1n) is 9.49. The fraction of sp³-hybridized carbons (Fsp3) is 0.611. The smallest absolute Gasteiger partial charge is 0.230 e. The number of nitrogens with zero attached hydrogens (tertiary/aromatic N) is 5. The van der Waals surface area contributed by atoms with Crippen LogP contribution in [-0.2, 0) is 0 Å². The lowest BCUT2D eigenvalue weighted by molar-refractivity contribution is 0.182. The number of aromatic nitrogens is 4. The first-order chi connectivity index (χ1) is 12.7. The van der Waals surface area contributed by atoms with Gasteiger partial charge < -0.3 is 19.3 Å². The molecule has 0 aromatic carbocycles. The molecule has 0 bridgehead atoms. The summed E-state index contributed by atoms with van der Waals surface area (Å²) in [6, 6.07) is 0.352. The second kappa shape index (κ2) is 5.25. The highest BCUT2D eigenvalue weighted by Gasteiger charge is 2.49. The van der Waals surface area contributed by atoms with Gasteiger partial charge in [0, 0.05) is 35.2 Å². The average Bonchev–Trinajstić information content (AvgIpc) is 3.05. The quantitative estimate of drug-likeness (QED) is 0.815. The molecule has 2 saturated carbocycles. The summed E-state index contributed by atoms with van der Waals surface area (Å²) >= 11 is 6.78. The predicted octanol–water partition coefficient (Wildman–Crippen LogP) is 3.37.